The van der Waals surface area contributed by atoms with Gasteiger partial charge in [-0.2, -0.15) is 20.3 Å². The summed E-state index contributed by atoms with van der Waals surface area (Å²) in [5.41, 5.74) is 10.9. The lowest BCUT2D eigenvalue weighted by Crippen LogP contribution is -2.43. The molecule has 236 valence electrons. The number of aromatic nitrogens is 4. The highest BCUT2D eigenvalue weighted by Gasteiger charge is 2.49. The minimum Gasteiger partial charge on any atom is -0.461 e. The molecule has 8 rings (SSSR count). The molecule has 3 aliphatic rings. The number of nitrogens with one attached hydrogen (secondary N) is 2. The molecule has 5 aromatic rings. The van der Waals surface area contributed by atoms with Gasteiger partial charge in [0.1, 0.15) is 35.5 Å². The fourth-order valence-electron chi connectivity index (χ4n) is 7.38. The Morgan fingerprint density at radius 1 is 1.30 bits per heavy atom. The van der Waals surface area contributed by atoms with Crippen LogP contribution in [0.25, 0.3) is 32.1 Å². The van der Waals surface area contributed by atoms with Crippen LogP contribution < -0.4 is 15.8 Å². The van der Waals surface area contributed by atoms with Crippen molar-refractivity contribution >= 4 is 54.7 Å². The van der Waals surface area contributed by atoms with Crippen molar-refractivity contribution in [1.82, 2.24) is 25.1 Å². The number of alkyl halides is 1. The van der Waals surface area contributed by atoms with Crippen molar-refractivity contribution in [2.45, 2.75) is 57.7 Å². The molecule has 3 aromatic heterocycles. The number of rotatable bonds is 7. The van der Waals surface area contributed by atoms with Crippen molar-refractivity contribution in [3.63, 3.8) is 0 Å². The number of nitrogens with zero attached hydrogens (tertiary/aromatic N) is 5. The number of H-pyrrole nitrogens is 1. The third-order valence-electron chi connectivity index (χ3n) is 9.40. The average Bonchev–Trinajstić information content (AvgIpc) is 3.85. The Hall–Kier alpha value is -4.09. The topological polar surface area (TPSA) is 138 Å². The molecule has 2 atom stereocenters. The first kappa shape index (κ1) is 29.3. The summed E-state index contributed by atoms with van der Waals surface area (Å²) in [5, 5.41) is 22.3. The average molecular weight is 663 g/mol. The second-order valence-electron chi connectivity index (χ2n) is 12.2. The second kappa shape index (κ2) is 11.0. The molecule has 10 nitrogen and oxygen atoms in total. The molecule has 0 radical (unpaired) electrons. The van der Waals surface area contributed by atoms with Crippen LogP contribution in [0.2, 0.25) is 5.02 Å². The van der Waals surface area contributed by atoms with Gasteiger partial charge >= 0.3 is 6.01 Å². The van der Waals surface area contributed by atoms with Crippen LogP contribution in [-0.2, 0) is 24.5 Å². The van der Waals surface area contributed by atoms with E-state index in [0.29, 0.717) is 52.7 Å². The summed E-state index contributed by atoms with van der Waals surface area (Å²) in [5.74, 6) is 0.0239. The van der Waals surface area contributed by atoms with Crippen molar-refractivity contribution in [3.05, 3.63) is 57.1 Å². The monoisotopic (exact) mass is 662 g/mol. The van der Waals surface area contributed by atoms with Crippen LogP contribution in [0.3, 0.4) is 0 Å². The van der Waals surface area contributed by atoms with Crippen molar-refractivity contribution < 1.29 is 18.3 Å². The van der Waals surface area contributed by atoms with E-state index in [9.17, 15) is 9.65 Å². The summed E-state index contributed by atoms with van der Waals surface area (Å²) in [6, 6.07) is 7.16. The number of hydrogen-bond acceptors (Lipinski definition) is 10. The lowest BCUT2D eigenvalue weighted by Gasteiger charge is -2.30. The van der Waals surface area contributed by atoms with Gasteiger partial charge in [-0.3, -0.25) is 10.00 Å². The van der Waals surface area contributed by atoms with Gasteiger partial charge in [-0.25, -0.2) is 8.78 Å². The number of nitrogen functional groups attached to an aromatic ring is 1. The molecule has 0 bridgehead atoms. The number of thiophene rings is 1. The van der Waals surface area contributed by atoms with E-state index in [1.54, 1.807) is 6.07 Å². The van der Waals surface area contributed by atoms with Crippen LogP contribution in [0, 0.1) is 24.1 Å². The molecule has 2 fully saturated rings. The van der Waals surface area contributed by atoms with E-state index in [1.165, 1.54) is 6.07 Å². The molecular weight excluding hydrogens is 634 g/mol. The van der Waals surface area contributed by atoms with Crippen LogP contribution in [0.4, 0.5) is 19.6 Å². The first-order valence-electron chi connectivity index (χ1n) is 15.1. The number of benzene rings is 2. The number of halogens is 3. The van der Waals surface area contributed by atoms with Gasteiger partial charge in [0.2, 0.25) is 0 Å². The third-order valence-corrected chi connectivity index (χ3v) is 10.8. The summed E-state index contributed by atoms with van der Waals surface area (Å²) < 4.78 is 42.1. The van der Waals surface area contributed by atoms with Crippen molar-refractivity contribution in [1.29, 1.82) is 5.26 Å². The SMILES string of the molecule is Cc1cc(CNc2nc(OCC34CCCN3CC(F)C4)nc3c(Cl)c(-c4ccc(F)c5sc(N)c(C#N)c45)c4c(c23)COC4)n[nH]1. The predicted molar refractivity (Wildman–Crippen MR) is 172 cm³/mol. The first-order chi connectivity index (χ1) is 22.3. The summed E-state index contributed by atoms with van der Waals surface area (Å²) in [4.78, 5) is 11.8. The number of fused-ring (bicyclic) bond motifs is 5. The molecule has 6 heterocycles. The van der Waals surface area contributed by atoms with E-state index in [4.69, 9.17) is 36.8 Å². The summed E-state index contributed by atoms with van der Waals surface area (Å²) in [6.45, 7) is 4.30. The Labute approximate surface area is 271 Å². The van der Waals surface area contributed by atoms with Crippen LogP contribution in [-0.4, -0.2) is 56.5 Å². The fraction of sp³-hybridized carbons (Fsp3) is 0.375. The van der Waals surface area contributed by atoms with E-state index in [0.717, 1.165) is 53.2 Å². The standard InChI is InChI=1S/C32H29ClF2N8O2S/c1-15-7-17(42-41-15)10-38-30-25-21-13-44-12-20(21)23(18-3-4-22(35)28-24(18)19(9-36)29(37)46-28)26(33)27(25)39-31(40-30)45-14-32-5-2-6-43(32)11-16(34)8-32/h3-4,7,16H,2,5-6,8,10-14,37H2,1H3,(H,41,42)(H,38,39,40). The number of ether oxygens (including phenoxy) is 2. The summed E-state index contributed by atoms with van der Waals surface area (Å²) in [7, 11) is 0. The maximum Gasteiger partial charge on any atom is 0.319 e. The minimum absolute atomic E-state index is 0.102. The highest BCUT2D eigenvalue weighted by Crippen LogP contribution is 2.49. The second-order valence-corrected chi connectivity index (χ2v) is 13.7. The van der Waals surface area contributed by atoms with E-state index in [2.05, 4.69) is 26.5 Å². The minimum atomic E-state index is -0.896. The highest BCUT2D eigenvalue weighted by molar-refractivity contribution is 7.23. The van der Waals surface area contributed by atoms with Crippen LogP contribution in [0.5, 0.6) is 6.01 Å². The van der Waals surface area contributed by atoms with Crippen molar-refractivity contribution in [2.24, 2.45) is 0 Å². The van der Waals surface area contributed by atoms with E-state index >= 15 is 4.39 Å². The molecule has 4 N–H and O–H groups in total. The molecule has 2 unspecified atom stereocenters. The van der Waals surface area contributed by atoms with Gasteiger partial charge in [0.05, 0.1) is 57.2 Å². The number of nitriles is 1. The maximum atomic E-state index is 15.0. The van der Waals surface area contributed by atoms with Crippen molar-refractivity contribution in [3.8, 4) is 23.2 Å². The smallest absolute Gasteiger partial charge is 0.319 e. The predicted octanol–water partition coefficient (Wildman–Crippen LogP) is 6.39. The van der Waals surface area contributed by atoms with Gasteiger partial charge in [-0.15, -0.1) is 11.3 Å². The zero-order valence-electron chi connectivity index (χ0n) is 24.8. The first-order valence-corrected chi connectivity index (χ1v) is 16.3. The Kier molecular flexibility index (Phi) is 7.02. The molecule has 0 spiro atoms. The fourth-order valence-corrected chi connectivity index (χ4v) is 8.68. The number of aromatic amines is 1. The molecule has 0 aliphatic carbocycles. The van der Waals surface area contributed by atoms with Crippen molar-refractivity contribution in [2.75, 3.05) is 30.7 Å². The van der Waals surface area contributed by atoms with E-state index in [1.807, 2.05) is 13.0 Å². The quantitative estimate of drug-likeness (QED) is 0.181. The highest BCUT2D eigenvalue weighted by atomic mass is 35.5. The molecule has 0 amide bonds. The zero-order valence-corrected chi connectivity index (χ0v) is 26.4. The van der Waals surface area contributed by atoms with Gasteiger partial charge in [0.15, 0.2) is 0 Å². The molecular formula is C32H29ClF2N8O2S. The normalized spacial score (nSPS) is 20.8. The van der Waals surface area contributed by atoms with Crippen LogP contribution in [0.15, 0.2) is 18.2 Å². The Bertz CT molecular complexity index is 2090. The Balaban J connectivity index is 1.31. The Morgan fingerprint density at radius 2 is 2.15 bits per heavy atom. The number of nitrogens with two attached hydrogens (primary N) is 1. The van der Waals surface area contributed by atoms with E-state index < -0.39 is 17.5 Å². The van der Waals surface area contributed by atoms with Gasteiger partial charge in [0, 0.05) is 29.6 Å². The number of aryl methyl sites for hydroxylation is 1. The number of anilines is 2. The van der Waals surface area contributed by atoms with Gasteiger partial charge in [0.25, 0.3) is 0 Å². The van der Waals surface area contributed by atoms with Gasteiger partial charge in [-0.1, -0.05) is 17.7 Å². The molecule has 14 heteroatoms. The molecule has 2 aromatic carbocycles. The van der Waals surface area contributed by atoms with Crippen LogP contribution >= 0.6 is 22.9 Å². The summed E-state index contributed by atoms with van der Waals surface area (Å²) >= 11 is 8.32. The molecule has 3 aliphatic heterocycles. The molecule has 0 saturated carbocycles. The van der Waals surface area contributed by atoms with Gasteiger partial charge in [-0.05, 0) is 55.1 Å². The molecule has 46 heavy (non-hydrogen) atoms. The van der Waals surface area contributed by atoms with Crippen LogP contribution in [0.1, 0.15) is 47.3 Å². The summed E-state index contributed by atoms with van der Waals surface area (Å²) in [6.07, 6.45) is 1.33. The lowest BCUT2D eigenvalue weighted by molar-refractivity contribution is 0.107. The maximum absolute atomic E-state index is 15.0. The lowest BCUT2D eigenvalue weighted by atomic mass is 9.91. The third kappa shape index (κ3) is 4.58. The van der Waals surface area contributed by atoms with Gasteiger partial charge < -0.3 is 20.5 Å². The van der Waals surface area contributed by atoms with E-state index in [-0.39, 0.29) is 46.1 Å². The Morgan fingerprint density at radius 3 is 2.96 bits per heavy atom. The number of hydrogen-bond donors (Lipinski definition) is 3. The zero-order chi connectivity index (χ0) is 31.7. The molecule has 2 saturated heterocycles. The largest absolute Gasteiger partial charge is 0.461 e.